The van der Waals surface area contributed by atoms with Crippen LogP contribution in [0, 0.1) is 5.92 Å². The van der Waals surface area contributed by atoms with E-state index in [-0.39, 0.29) is 5.56 Å². The van der Waals surface area contributed by atoms with Crippen molar-refractivity contribution in [1.82, 2.24) is 14.5 Å². The highest BCUT2D eigenvalue weighted by atomic mass is 16.4. The van der Waals surface area contributed by atoms with Crippen LogP contribution < -0.4 is 0 Å². The molecule has 0 unspecified atom stereocenters. The SMILES string of the molecule is CC(C)Cc1nc2c(C(=O)O)ccnc2n1C. The van der Waals surface area contributed by atoms with Crippen molar-refractivity contribution in [1.29, 1.82) is 0 Å². The number of rotatable bonds is 3. The maximum absolute atomic E-state index is 11.1. The van der Waals surface area contributed by atoms with Crippen LogP contribution in [0.3, 0.4) is 0 Å². The third-order valence-corrected chi connectivity index (χ3v) is 2.67. The van der Waals surface area contributed by atoms with Gasteiger partial charge in [-0.2, -0.15) is 0 Å². The number of imidazole rings is 1. The van der Waals surface area contributed by atoms with Crippen LogP contribution in [0.2, 0.25) is 0 Å². The quantitative estimate of drug-likeness (QED) is 0.878. The van der Waals surface area contributed by atoms with Crippen molar-refractivity contribution in [3.8, 4) is 0 Å². The average Bonchev–Trinajstić information content (AvgIpc) is 2.55. The number of carboxylic acid groups (broad SMARTS) is 1. The van der Waals surface area contributed by atoms with Crippen LogP contribution in [0.5, 0.6) is 0 Å². The number of hydrogen-bond donors (Lipinski definition) is 1. The third-order valence-electron chi connectivity index (χ3n) is 2.67. The topological polar surface area (TPSA) is 68.0 Å². The highest BCUT2D eigenvalue weighted by Crippen LogP contribution is 2.18. The highest BCUT2D eigenvalue weighted by Gasteiger charge is 2.16. The zero-order valence-electron chi connectivity index (χ0n) is 10.1. The molecule has 0 aromatic carbocycles. The van der Waals surface area contributed by atoms with Gasteiger partial charge in [0.05, 0.1) is 5.56 Å². The number of hydrogen-bond acceptors (Lipinski definition) is 3. The molecule has 90 valence electrons. The first-order valence-electron chi connectivity index (χ1n) is 5.54. The summed E-state index contributed by atoms with van der Waals surface area (Å²) in [6, 6.07) is 1.48. The normalized spacial score (nSPS) is 11.3. The molecule has 0 atom stereocenters. The first-order chi connectivity index (χ1) is 8.00. The molecule has 17 heavy (non-hydrogen) atoms. The number of nitrogens with zero attached hydrogens (tertiary/aromatic N) is 3. The van der Waals surface area contributed by atoms with Gasteiger partial charge in [0.15, 0.2) is 5.65 Å². The molecule has 5 nitrogen and oxygen atoms in total. The molecular formula is C12H15N3O2. The van der Waals surface area contributed by atoms with E-state index < -0.39 is 5.97 Å². The summed E-state index contributed by atoms with van der Waals surface area (Å²) in [5.41, 5.74) is 1.30. The highest BCUT2D eigenvalue weighted by molar-refractivity contribution is 5.99. The van der Waals surface area contributed by atoms with Gasteiger partial charge in [-0.15, -0.1) is 0 Å². The number of carbonyl (C=O) groups is 1. The molecule has 5 heteroatoms. The number of aryl methyl sites for hydroxylation is 1. The zero-order chi connectivity index (χ0) is 12.6. The summed E-state index contributed by atoms with van der Waals surface area (Å²) >= 11 is 0. The molecule has 2 aromatic rings. The van der Waals surface area contributed by atoms with Gasteiger partial charge in [-0.1, -0.05) is 13.8 Å². The molecule has 0 spiro atoms. The van der Waals surface area contributed by atoms with Gasteiger partial charge in [-0.05, 0) is 12.0 Å². The van der Waals surface area contributed by atoms with Crippen LogP contribution in [0.4, 0.5) is 0 Å². The smallest absolute Gasteiger partial charge is 0.338 e. The van der Waals surface area contributed by atoms with E-state index in [1.807, 2.05) is 11.6 Å². The predicted molar refractivity (Wildman–Crippen MR) is 64.0 cm³/mol. The van der Waals surface area contributed by atoms with Crippen molar-refractivity contribution in [3.63, 3.8) is 0 Å². The Bertz CT molecular complexity index is 572. The van der Waals surface area contributed by atoms with E-state index in [0.717, 1.165) is 12.2 Å². The molecule has 0 fully saturated rings. The minimum Gasteiger partial charge on any atom is -0.478 e. The maximum atomic E-state index is 11.1. The summed E-state index contributed by atoms with van der Waals surface area (Å²) in [5, 5.41) is 9.09. The molecule has 0 aliphatic rings. The minimum atomic E-state index is -0.966. The lowest BCUT2D eigenvalue weighted by atomic mass is 10.1. The summed E-state index contributed by atoms with van der Waals surface area (Å²) < 4.78 is 1.86. The predicted octanol–water partition coefficient (Wildman–Crippen LogP) is 1.86. The fourth-order valence-electron chi connectivity index (χ4n) is 1.85. The van der Waals surface area contributed by atoms with Gasteiger partial charge in [-0.25, -0.2) is 14.8 Å². The van der Waals surface area contributed by atoms with Crippen molar-refractivity contribution in [2.45, 2.75) is 20.3 Å². The van der Waals surface area contributed by atoms with Gasteiger partial charge >= 0.3 is 5.97 Å². The third kappa shape index (κ3) is 2.00. The number of pyridine rings is 1. The standard InChI is InChI=1S/C12H15N3O2/c1-7(2)6-9-14-10-8(12(16)17)4-5-13-11(10)15(9)3/h4-5,7H,6H2,1-3H3,(H,16,17). The van der Waals surface area contributed by atoms with E-state index in [1.165, 1.54) is 12.3 Å². The van der Waals surface area contributed by atoms with Gasteiger partial charge in [0.2, 0.25) is 0 Å². The van der Waals surface area contributed by atoms with E-state index in [1.54, 1.807) is 0 Å². The van der Waals surface area contributed by atoms with Crippen LogP contribution in [0.1, 0.15) is 30.0 Å². The van der Waals surface area contributed by atoms with Crippen LogP contribution in [-0.4, -0.2) is 25.6 Å². The maximum Gasteiger partial charge on any atom is 0.338 e. The van der Waals surface area contributed by atoms with Crippen molar-refractivity contribution >= 4 is 17.1 Å². The van der Waals surface area contributed by atoms with Crippen LogP contribution in [-0.2, 0) is 13.5 Å². The molecule has 2 heterocycles. The first-order valence-corrected chi connectivity index (χ1v) is 5.54. The lowest BCUT2D eigenvalue weighted by Gasteiger charge is -2.03. The van der Waals surface area contributed by atoms with Crippen LogP contribution >= 0.6 is 0 Å². The largest absolute Gasteiger partial charge is 0.478 e. The summed E-state index contributed by atoms with van der Waals surface area (Å²) in [4.78, 5) is 19.7. The molecule has 0 saturated heterocycles. The minimum absolute atomic E-state index is 0.209. The molecule has 1 N–H and O–H groups in total. The Labute approximate surface area is 99.1 Å². The molecule has 0 saturated carbocycles. The number of carboxylic acids is 1. The Morgan fingerprint density at radius 1 is 1.53 bits per heavy atom. The Hall–Kier alpha value is -1.91. The van der Waals surface area contributed by atoms with E-state index in [0.29, 0.717) is 17.1 Å². The molecule has 0 aliphatic heterocycles. The van der Waals surface area contributed by atoms with Gasteiger partial charge in [0.1, 0.15) is 11.3 Å². The second-order valence-electron chi connectivity index (χ2n) is 4.52. The molecule has 2 aromatic heterocycles. The summed E-state index contributed by atoms with van der Waals surface area (Å²) in [5.74, 6) is 0.376. The number of fused-ring (bicyclic) bond motifs is 1. The van der Waals surface area contributed by atoms with Crippen molar-refractivity contribution in [2.24, 2.45) is 13.0 Å². The second kappa shape index (κ2) is 4.16. The van der Waals surface area contributed by atoms with Crippen LogP contribution in [0.15, 0.2) is 12.3 Å². The molecule has 2 rings (SSSR count). The monoisotopic (exact) mass is 233 g/mol. The van der Waals surface area contributed by atoms with E-state index >= 15 is 0 Å². The van der Waals surface area contributed by atoms with Crippen molar-refractivity contribution < 1.29 is 9.90 Å². The Balaban J connectivity index is 2.64. The van der Waals surface area contributed by atoms with E-state index in [4.69, 9.17) is 5.11 Å². The Morgan fingerprint density at radius 3 is 2.82 bits per heavy atom. The Kier molecular flexibility index (Phi) is 2.83. The molecular weight excluding hydrogens is 218 g/mol. The number of aromatic carboxylic acids is 1. The van der Waals surface area contributed by atoms with Gasteiger partial charge < -0.3 is 9.67 Å². The van der Waals surface area contributed by atoms with Gasteiger partial charge in [0.25, 0.3) is 0 Å². The lowest BCUT2D eigenvalue weighted by Crippen LogP contribution is -2.02. The summed E-state index contributed by atoms with van der Waals surface area (Å²) in [6.45, 7) is 4.20. The lowest BCUT2D eigenvalue weighted by molar-refractivity contribution is 0.0699. The zero-order valence-corrected chi connectivity index (χ0v) is 10.1. The average molecular weight is 233 g/mol. The van der Waals surface area contributed by atoms with Crippen molar-refractivity contribution in [2.75, 3.05) is 0 Å². The van der Waals surface area contributed by atoms with Crippen molar-refractivity contribution in [3.05, 3.63) is 23.7 Å². The van der Waals surface area contributed by atoms with E-state index in [2.05, 4.69) is 23.8 Å². The van der Waals surface area contributed by atoms with Gasteiger partial charge in [-0.3, -0.25) is 0 Å². The van der Waals surface area contributed by atoms with Gasteiger partial charge in [0, 0.05) is 19.7 Å². The molecule has 0 aliphatic carbocycles. The van der Waals surface area contributed by atoms with E-state index in [9.17, 15) is 4.79 Å². The summed E-state index contributed by atoms with van der Waals surface area (Å²) in [7, 11) is 1.87. The molecule has 0 amide bonds. The second-order valence-corrected chi connectivity index (χ2v) is 4.52. The molecule has 0 radical (unpaired) electrons. The number of aromatic nitrogens is 3. The fourth-order valence-corrected chi connectivity index (χ4v) is 1.85. The Morgan fingerprint density at radius 2 is 2.24 bits per heavy atom. The van der Waals surface area contributed by atoms with Crippen LogP contribution in [0.25, 0.3) is 11.2 Å². The first kappa shape index (κ1) is 11.6. The fraction of sp³-hybridized carbons (Fsp3) is 0.417. The molecule has 0 bridgehead atoms. The summed E-state index contributed by atoms with van der Waals surface area (Å²) in [6.07, 6.45) is 2.32.